The van der Waals surface area contributed by atoms with Gasteiger partial charge in [0, 0.05) is 16.9 Å². The molecule has 3 rings (SSSR count). The number of tetrazole rings is 1. The van der Waals surface area contributed by atoms with Gasteiger partial charge in [0.15, 0.2) is 5.82 Å². The number of nitrogen functional groups attached to an aromatic ring is 2. The minimum atomic E-state index is 0.364. The summed E-state index contributed by atoms with van der Waals surface area (Å²) in [5, 5.41) is 12.3. The smallest absolute Gasteiger partial charge is 0.182 e. The van der Waals surface area contributed by atoms with Crippen LogP contribution in [0.3, 0.4) is 0 Å². The molecule has 1 aliphatic carbocycles. The van der Waals surface area contributed by atoms with Crippen molar-refractivity contribution in [2.45, 2.75) is 45.1 Å². The summed E-state index contributed by atoms with van der Waals surface area (Å²) < 4.78 is 1.95. The van der Waals surface area contributed by atoms with Gasteiger partial charge in [-0.05, 0) is 53.8 Å². The standard InChI is InChI=1S/C15H22N6/c1-10-3-2-4-14(6-5-10)21-15(18-19-20-21)11-7-12(16)9-13(17)8-11/h7-10,14H,2-6,16-17H2,1H3. The van der Waals surface area contributed by atoms with Crippen molar-refractivity contribution in [3.63, 3.8) is 0 Å². The average Bonchev–Trinajstić information content (AvgIpc) is 2.81. The van der Waals surface area contributed by atoms with E-state index in [4.69, 9.17) is 11.5 Å². The number of aromatic nitrogens is 4. The van der Waals surface area contributed by atoms with E-state index in [0.717, 1.165) is 30.1 Å². The van der Waals surface area contributed by atoms with E-state index in [1.165, 1.54) is 19.3 Å². The molecule has 1 saturated carbocycles. The number of rotatable bonds is 2. The second kappa shape index (κ2) is 5.71. The molecule has 0 aliphatic heterocycles. The normalized spacial score (nSPS) is 22.9. The van der Waals surface area contributed by atoms with Gasteiger partial charge in [0.1, 0.15) is 0 Å². The lowest BCUT2D eigenvalue weighted by Gasteiger charge is -2.16. The Morgan fingerprint density at radius 2 is 1.81 bits per heavy atom. The number of nitrogens with zero attached hydrogens (tertiary/aromatic N) is 4. The summed E-state index contributed by atoms with van der Waals surface area (Å²) in [7, 11) is 0. The molecule has 6 nitrogen and oxygen atoms in total. The average molecular weight is 286 g/mol. The van der Waals surface area contributed by atoms with Gasteiger partial charge in [0.05, 0.1) is 6.04 Å². The van der Waals surface area contributed by atoms with Crippen LogP contribution in [0.4, 0.5) is 11.4 Å². The van der Waals surface area contributed by atoms with E-state index < -0.39 is 0 Å². The second-order valence-electron chi connectivity index (χ2n) is 6.10. The van der Waals surface area contributed by atoms with E-state index in [0.29, 0.717) is 17.4 Å². The Kier molecular flexibility index (Phi) is 3.77. The molecule has 2 atom stereocenters. The first kappa shape index (κ1) is 13.9. The molecule has 1 fully saturated rings. The number of nitrogens with two attached hydrogens (primary N) is 2. The molecule has 0 amide bonds. The van der Waals surface area contributed by atoms with Gasteiger partial charge in [-0.25, -0.2) is 4.68 Å². The van der Waals surface area contributed by atoms with Crippen LogP contribution in [0.5, 0.6) is 0 Å². The summed E-state index contributed by atoms with van der Waals surface area (Å²) in [6.07, 6.45) is 5.99. The quantitative estimate of drug-likeness (QED) is 0.653. The highest BCUT2D eigenvalue weighted by Gasteiger charge is 2.22. The fourth-order valence-corrected chi connectivity index (χ4v) is 3.15. The molecule has 1 aromatic carbocycles. The van der Waals surface area contributed by atoms with Gasteiger partial charge < -0.3 is 11.5 Å². The van der Waals surface area contributed by atoms with Crippen LogP contribution in [0, 0.1) is 5.92 Å². The zero-order valence-corrected chi connectivity index (χ0v) is 12.4. The van der Waals surface area contributed by atoms with Crippen molar-refractivity contribution in [1.29, 1.82) is 0 Å². The van der Waals surface area contributed by atoms with Crippen LogP contribution in [0.2, 0.25) is 0 Å². The van der Waals surface area contributed by atoms with Gasteiger partial charge in [-0.1, -0.05) is 19.8 Å². The largest absolute Gasteiger partial charge is 0.399 e. The van der Waals surface area contributed by atoms with E-state index in [-0.39, 0.29) is 0 Å². The van der Waals surface area contributed by atoms with Crippen LogP contribution in [-0.4, -0.2) is 20.2 Å². The fraction of sp³-hybridized carbons (Fsp3) is 0.533. The molecule has 112 valence electrons. The SMILES string of the molecule is CC1CCCC(n2nnnc2-c2cc(N)cc(N)c2)CC1. The molecule has 21 heavy (non-hydrogen) atoms. The summed E-state index contributed by atoms with van der Waals surface area (Å²) in [4.78, 5) is 0. The minimum Gasteiger partial charge on any atom is -0.399 e. The molecule has 0 radical (unpaired) electrons. The number of hydrogen-bond donors (Lipinski definition) is 2. The minimum absolute atomic E-state index is 0.364. The summed E-state index contributed by atoms with van der Waals surface area (Å²) in [5.74, 6) is 1.55. The highest BCUT2D eigenvalue weighted by molar-refractivity contribution is 5.67. The predicted octanol–water partition coefficient (Wildman–Crippen LogP) is 2.65. The maximum Gasteiger partial charge on any atom is 0.182 e. The molecule has 1 aromatic heterocycles. The highest BCUT2D eigenvalue weighted by atomic mass is 15.5. The first-order valence-corrected chi connectivity index (χ1v) is 7.58. The molecule has 0 saturated heterocycles. The molecule has 2 unspecified atom stereocenters. The first-order chi connectivity index (χ1) is 10.1. The lowest BCUT2D eigenvalue weighted by molar-refractivity contribution is 0.394. The van der Waals surface area contributed by atoms with Gasteiger partial charge in [0.25, 0.3) is 0 Å². The molecule has 1 heterocycles. The van der Waals surface area contributed by atoms with Crippen molar-refractivity contribution in [2.24, 2.45) is 5.92 Å². The van der Waals surface area contributed by atoms with Crippen molar-refractivity contribution >= 4 is 11.4 Å². The van der Waals surface area contributed by atoms with Gasteiger partial charge in [-0.3, -0.25) is 0 Å². The second-order valence-corrected chi connectivity index (χ2v) is 6.10. The van der Waals surface area contributed by atoms with Crippen LogP contribution >= 0.6 is 0 Å². The molecular weight excluding hydrogens is 264 g/mol. The van der Waals surface area contributed by atoms with E-state index in [1.807, 2.05) is 16.8 Å². The summed E-state index contributed by atoms with van der Waals surface area (Å²) in [5.41, 5.74) is 13.9. The van der Waals surface area contributed by atoms with Crippen LogP contribution in [0.1, 0.15) is 45.1 Å². The maximum absolute atomic E-state index is 5.88. The van der Waals surface area contributed by atoms with Crippen molar-refractivity contribution in [3.05, 3.63) is 18.2 Å². The fourth-order valence-electron chi connectivity index (χ4n) is 3.15. The molecule has 0 bridgehead atoms. The Labute approximate surface area is 124 Å². The van der Waals surface area contributed by atoms with Gasteiger partial charge in [0.2, 0.25) is 0 Å². The third kappa shape index (κ3) is 2.99. The van der Waals surface area contributed by atoms with Crippen molar-refractivity contribution in [1.82, 2.24) is 20.2 Å². The summed E-state index contributed by atoms with van der Waals surface area (Å²) in [6.45, 7) is 2.32. The molecule has 6 heteroatoms. The number of anilines is 2. The van der Waals surface area contributed by atoms with Gasteiger partial charge >= 0.3 is 0 Å². The number of benzene rings is 1. The molecule has 1 aliphatic rings. The Balaban J connectivity index is 1.93. The van der Waals surface area contributed by atoms with Crippen LogP contribution < -0.4 is 11.5 Å². The Morgan fingerprint density at radius 3 is 2.57 bits per heavy atom. The van der Waals surface area contributed by atoms with Gasteiger partial charge in [-0.2, -0.15) is 0 Å². The van der Waals surface area contributed by atoms with E-state index in [9.17, 15) is 0 Å². The molecular formula is C15H22N6. The van der Waals surface area contributed by atoms with Crippen molar-refractivity contribution in [2.75, 3.05) is 11.5 Å². The Hall–Kier alpha value is -2.11. The zero-order valence-electron chi connectivity index (χ0n) is 12.4. The molecule has 0 spiro atoms. The Bertz CT molecular complexity index is 600. The van der Waals surface area contributed by atoms with E-state index in [2.05, 4.69) is 22.4 Å². The summed E-state index contributed by atoms with van der Waals surface area (Å²) in [6, 6.07) is 5.85. The highest BCUT2D eigenvalue weighted by Crippen LogP contribution is 2.32. The van der Waals surface area contributed by atoms with E-state index in [1.54, 1.807) is 6.07 Å². The topological polar surface area (TPSA) is 95.6 Å². The lowest BCUT2D eigenvalue weighted by atomic mass is 10.0. The lowest BCUT2D eigenvalue weighted by Crippen LogP contribution is -2.12. The Morgan fingerprint density at radius 1 is 1.05 bits per heavy atom. The molecule has 4 N–H and O–H groups in total. The van der Waals surface area contributed by atoms with Gasteiger partial charge in [-0.15, -0.1) is 5.10 Å². The first-order valence-electron chi connectivity index (χ1n) is 7.58. The maximum atomic E-state index is 5.88. The monoisotopic (exact) mass is 286 g/mol. The van der Waals surface area contributed by atoms with Crippen LogP contribution in [0.25, 0.3) is 11.4 Å². The van der Waals surface area contributed by atoms with Crippen molar-refractivity contribution < 1.29 is 0 Å². The zero-order chi connectivity index (χ0) is 14.8. The van der Waals surface area contributed by atoms with Crippen molar-refractivity contribution in [3.8, 4) is 11.4 Å². The van der Waals surface area contributed by atoms with E-state index >= 15 is 0 Å². The molecule has 2 aromatic rings. The number of hydrogen-bond acceptors (Lipinski definition) is 5. The van der Waals surface area contributed by atoms with Crippen LogP contribution in [0.15, 0.2) is 18.2 Å². The van der Waals surface area contributed by atoms with Crippen LogP contribution in [-0.2, 0) is 0 Å². The summed E-state index contributed by atoms with van der Waals surface area (Å²) >= 11 is 0. The third-order valence-corrected chi connectivity index (χ3v) is 4.30. The predicted molar refractivity (Wildman–Crippen MR) is 83.4 cm³/mol. The third-order valence-electron chi connectivity index (χ3n) is 4.30.